The Labute approximate surface area is 130 Å². The molecule has 0 rings (SSSR count). The van der Waals surface area contributed by atoms with Crippen LogP contribution in [0.3, 0.4) is 0 Å². The molecule has 21 heavy (non-hydrogen) atoms. The molecular weight excluding hydrogens is 586 g/mol. The van der Waals surface area contributed by atoms with E-state index in [1.807, 2.05) is 0 Å². The van der Waals surface area contributed by atoms with Crippen molar-refractivity contribution in [2.24, 2.45) is 0 Å². The number of halogens is 6. The van der Waals surface area contributed by atoms with Crippen LogP contribution in [0.15, 0.2) is 0 Å². The Bertz CT molecular complexity index is 542. The molecule has 0 aromatic heterocycles. The van der Waals surface area contributed by atoms with Crippen molar-refractivity contribution in [1.82, 2.24) is 3.71 Å². The topological polar surface area (TPSA) is 106 Å². The van der Waals surface area contributed by atoms with Crippen LogP contribution in [-0.2, 0) is 24.5 Å². The van der Waals surface area contributed by atoms with Crippen molar-refractivity contribution in [3.05, 3.63) is 6.04 Å². The van der Waals surface area contributed by atoms with Gasteiger partial charge in [0.25, 0.3) is 20.0 Å². The van der Waals surface area contributed by atoms with Gasteiger partial charge in [0, 0.05) is 0 Å². The van der Waals surface area contributed by atoms with E-state index in [4.69, 9.17) is 4.47 Å². The first-order chi connectivity index (χ1) is 8.98. The minimum atomic E-state index is -6.69. The Kier molecular flexibility index (Phi) is 8.43. The van der Waals surface area contributed by atoms with E-state index >= 15 is 0 Å². The fourth-order valence-electron chi connectivity index (χ4n) is 0.798. The molecule has 0 saturated carbocycles. The molecule has 0 aliphatic heterocycles. The Hall–Kier alpha value is 0.0919. The number of rotatable bonds is 3. The molecule has 0 fully saturated rings. The van der Waals surface area contributed by atoms with Crippen LogP contribution < -0.4 is 0 Å². The maximum atomic E-state index is 12.1. The van der Waals surface area contributed by atoms with Crippen molar-refractivity contribution >= 4 is 20.0 Å². The van der Waals surface area contributed by atoms with E-state index < -0.39 is 68.6 Å². The Morgan fingerprint density at radius 3 is 1.10 bits per heavy atom. The van der Waals surface area contributed by atoms with Gasteiger partial charge < -0.3 is 0 Å². The molecule has 0 aromatic rings. The van der Waals surface area contributed by atoms with Crippen LogP contribution in [0.5, 0.6) is 0 Å². The quantitative estimate of drug-likeness (QED) is 0.362. The second-order valence-corrected chi connectivity index (χ2v) is 7.61. The molecule has 0 spiro atoms. The summed E-state index contributed by atoms with van der Waals surface area (Å²) in [6.07, 6.45) is 0. The Balaban J connectivity index is 0. The fourth-order valence-corrected chi connectivity index (χ4v) is 3.68. The standard InChI is InChI=1S/C5H6F6NO4S2.2O.U/c1-3(2)12(17(13,14)4(6,7)8)18(15,16)5(9,10)11;;;/h1-2H3;;;/q-1;;;. The summed E-state index contributed by atoms with van der Waals surface area (Å²) >= 11 is -2.51. The molecule has 0 atom stereocenters. The zero-order valence-corrected chi connectivity index (χ0v) is 15.8. The molecule has 0 unspecified atom stereocenters. The van der Waals surface area contributed by atoms with Gasteiger partial charge in [0.05, 0.1) is 0 Å². The second-order valence-electron chi connectivity index (χ2n) is 3.13. The second kappa shape index (κ2) is 7.58. The number of alkyl halides is 6. The van der Waals surface area contributed by atoms with Crippen LogP contribution in [-0.4, -0.2) is 31.6 Å². The van der Waals surface area contributed by atoms with Crippen LogP contribution in [0.4, 0.5) is 26.3 Å². The van der Waals surface area contributed by atoms with E-state index in [0.29, 0.717) is 13.8 Å². The van der Waals surface area contributed by atoms with Crippen molar-refractivity contribution in [3.8, 4) is 0 Å². The predicted octanol–water partition coefficient (Wildman–Crippen LogP) is 1.32. The van der Waals surface area contributed by atoms with E-state index in [2.05, 4.69) is 0 Å². The van der Waals surface area contributed by atoms with Crippen molar-refractivity contribution in [1.29, 1.82) is 0 Å². The molecule has 7 nitrogen and oxygen atoms in total. The summed E-state index contributed by atoms with van der Waals surface area (Å²) in [7, 11) is -13.4. The molecule has 0 N–H and O–H groups in total. The Morgan fingerprint density at radius 1 is 0.810 bits per heavy atom. The predicted molar refractivity (Wildman–Crippen MR) is 47.8 cm³/mol. The third-order valence-electron chi connectivity index (χ3n) is 1.39. The van der Waals surface area contributed by atoms with Gasteiger partial charge in [-0.1, -0.05) is 0 Å². The van der Waals surface area contributed by atoms with E-state index in [1.165, 1.54) is 0 Å². The molecule has 0 saturated heterocycles. The zero-order chi connectivity index (χ0) is 17.9. The molecule has 0 radical (unpaired) electrons. The van der Waals surface area contributed by atoms with Gasteiger partial charge >= 0.3 is 43.3 Å². The first kappa shape index (κ1) is 23.4. The van der Waals surface area contributed by atoms with Crippen LogP contribution >= 0.6 is 0 Å². The number of hydrogen-bond acceptors (Lipinski definition) is 6. The molecule has 0 heterocycles. The van der Waals surface area contributed by atoms with Gasteiger partial charge in [-0.3, -0.25) is 0 Å². The van der Waals surface area contributed by atoms with Crippen LogP contribution in [0.1, 0.15) is 13.8 Å². The van der Waals surface area contributed by atoms with Gasteiger partial charge in [-0.2, -0.15) is 40.2 Å². The fraction of sp³-hybridized carbons (Fsp3) is 0.800. The summed E-state index contributed by atoms with van der Waals surface area (Å²) in [6, 6.07) is -1.22. The van der Waals surface area contributed by atoms with Gasteiger partial charge in [-0.05, 0) is 0 Å². The first-order valence-corrected chi connectivity index (χ1v) is 10.5. The third kappa shape index (κ3) is 5.66. The van der Waals surface area contributed by atoms with Gasteiger partial charge in [0.1, 0.15) is 0 Å². The van der Waals surface area contributed by atoms with E-state index in [-0.39, 0.29) is 0 Å². The van der Waals surface area contributed by atoms with Crippen molar-refractivity contribution in [2.75, 3.05) is 0 Å². The van der Waals surface area contributed by atoms with Gasteiger partial charge in [0.2, 0.25) is 0 Å². The van der Waals surface area contributed by atoms with E-state index in [9.17, 15) is 43.2 Å². The Morgan fingerprint density at radius 2 is 1.00 bits per heavy atom. The van der Waals surface area contributed by atoms with Crippen molar-refractivity contribution in [2.45, 2.75) is 24.9 Å². The summed E-state index contributed by atoms with van der Waals surface area (Å²) in [5.41, 5.74) is -12.4. The van der Waals surface area contributed by atoms with Gasteiger partial charge in [-0.25, -0.2) is 26.6 Å². The number of hydrogen-bond donors (Lipinski definition) is 0. The van der Waals surface area contributed by atoms with E-state index in [0.717, 1.165) is 0 Å². The van der Waals surface area contributed by atoms with Gasteiger partial charge in [0.15, 0.2) is 0 Å². The molecule has 16 heteroatoms. The van der Waals surface area contributed by atoms with Crippen molar-refractivity contribution < 1.29 is 75.5 Å². The molecule has 0 aromatic carbocycles. The molecule has 126 valence electrons. The van der Waals surface area contributed by atoms with Crippen LogP contribution in [0.25, 0.3) is 0 Å². The normalized spacial score (nSPS) is 13.6. The van der Waals surface area contributed by atoms with Gasteiger partial charge in [-0.15, -0.1) is 0 Å². The van der Waals surface area contributed by atoms with Crippen LogP contribution in [0.2, 0.25) is 0 Å². The molecule has 0 bridgehead atoms. The maximum absolute atomic E-state index is 12.1. The SMILES string of the molecule is C[C-](C)N(S(=O)(=O)C(F)(F)F)S(=O)(=O)C(F)(F)F.[O]=[U]=[O]. The summed E-state index contributed by atoms with van der Waals surface area (Å²) in [6.45, 7) is 0.958. The molecule has 0 aliphatic rings. The number of nitrogens with zero attached hydrogens (tertiary/aromatic N) is 1. The summed E-state index contributed by atoms with van der Waals surface area (Å²) in [5, 5.41) is 0. The van der Waals surface area contributed by atoms with E-state index in [1.54, 1.807) is 0 Å². The zero-order valence-electron chi connectivity index (χ0n) is 9.98. The summed E-state index contributed by atoms with van der Waals surface area (Å²) < 4.78 is 131. The summed E-state index contributed by atoms with van der Waals surface area (Å²) in [4.78, 5) is 0. The monoisotopic (exact) mass is 592 g/mol. The summed E-state index contributed by atoms with van der Waals surface area (Å²) in [5.74, 6) is 0. The van der Waals surface area contributed by atoms with Crippen LogP contribution in [0, 0.1) is 33.9 Å². The first-order valence-electron chi connectivity index (χ1n) is 4.21. The number of sulfonamides is 2. The molecule has 0 aliphatic carbocycles. The molecular formula is C5H6F6NO6S2U-. The minimum absolute atomic E-state index is 0.479. The average Bonchev–Trinajstić information content (AvgIpc) is 2.12. The average molecular weight is 592 g/mol. The van der Waals surface area contributed by atoms with Crippen molar-refractivity contribution in [3.63, 3.8) is 0 Å². The third-order valence-corrected chi connectivity index (χ3v) is 5.34. The molecule has 0 amide bonds.